The highest BCUT2D eigenvalue weighted by Gasteiger charge is 2.25. The van der Waals surface area contributed by atoms with Crippen LogP contribution < -0.4 is 5.32 Å². The second kappa shape index (κ2) is 7.49. The van der Waals surface area contributed by atoms with Crippen LogP contribution in [0.2, 0.25) is 0 Å². The van der Waals surface area contributed by atoms with Gasteiger partial charge in [-0.05, 0) is 57.7 Å². The fourth-order valence-electron chi connectivity index (χ4n) is 3.57. The average molecular weight is 252 g/mol. The van der Waals surface area contributed by atoms with E-state index >= 15 is 0 Å². The third-order valence-electron chi connectivity index (χ3n) is 4.98. The first kappa shape index (κ1) is 14.3. The summed E-state index contributed by atoms with van der Waals surface area (Å²) < 4.78 is 0. The molecule has 2 rings (SSSR count). The number of hydrogen-bond acceptors (Lipinski definition) is 2. The molecule has 0 bridgehead atoms. The third kappa shape index (κ3) is 4.24. The van der Waals surface area contributed by atoms with Gasteiger partial charge in [0.2, 0.25) is 0 Å². The molecule has 0 aromatic carbocycles. The van der Waals surface area contributed by atoms with Crippen molar-refractivity contribution < 1.29 is 0 Å². The summed E-state index contributed by atoms with van der Waals surface area (Å²) in [5.41, 5.74) is 0. The number of nitrogens with zero attached hydrogens (tertiary/aromatic N) is 1. The molecule has 106 valence electrons. The number of likely N-dealkylation sites (tertiary alicyclic amines) is 1. The molecule has 2 nitrogen and oxygen atoms in total. The van der Waals surface area contributed by atoms with E-state index in [1.165, 1.54) is 71.0 Å². The minimum Gasteiger partial charge on any atom is -0.311 e. The van der Waals surface area contributed by atoms with Gasteiger partial charge in [-0.3, -0.25) is 0 Å². The first-order valence-electron chi connectivity index (χ1n) is 8.28. The molecule has 1 aliphatic heterocycles. The Morgan fingerprint density at radius 1 is 1.06 bits per heavy atom. The average Bonchev–Trinajstić information content (AvgIpc) is 2.41. The summed E-state index contributed by atoms with van der Waals surface area (Å²) >= 11 is 0. The highest BCUT2D eigenvalue weighted by atomic mass is 15.1. The SMILES string of the molecule is CCCCN1CCC(NC2CCCCC2C)CC1. The molecule has 2 heteroatoms. The van der Waals surface area contributed by atoms with Crippen molar-refractivity contribution in [3.05, 3.63) is 0 Å². The maximum Gasteiger partial charge on any atom is 0.00953 e. The molecular weight excluding hydrogens is 220 g/mol. The molecule has 1 saturated heterocycles. The molecule has 1 saturated carbocycles. The summed E-state index contributed by atoms with van der Waals surface area (Å²) in [7, 11) is 0. The second-order valence-electron chi connectivity index (χ2n) is 6.50. The van der Waals surface area contributed by atoms with E-state index in [2.05, 4.69) is 24.1 Å². The van der Waals surface area contributed by atoms with Crippen LogP contribution in [0.1, 0.15) is 65.2 Å². The highest BCUT2D eigenvalue weighted by Crippen LogP contribution is 2.25. The molecule has 0 aromatic heterocycles. The fraction of sp³-hybridized carbons (Fsp3) is 1.00. The zero-order valence-electron chi connectivity index (χ0n) is 12.5. The van der Waals surface area contributed by atoms with Gasteiger partial charge in [0, 0.05) is 12.1 Å². The van der Waals surface area contributed by atoms with Crippen LogP contribution >= 0.6 is 0 Å². The van der Waals surface area contributed by atoms with Crippen LogP contribution in [0, 0.1) is 5.92 Å². The van der Waals surface area contributed by atoms with Crippen molar-refractivity contribution in [1.82, 2.24) is 10.2 Å². The van der Waals surface area contributed by atoms with E-state index in [9.17, 15) is 0 Å². The summed E-state index contributed by atoms with van der Waals surface area (Å²) in [5, 5.41) is 3.96. The Hall–Kier alpha value is -0.0800. The summed E-state index contributed by atoms with van der Waals surface area (Å²) in [6.07, 6.45) is 11.2. The van der Waals surface area contributed by atoms with Crippen LogP contribution in [0.25, 0.3) is 0 Å². The predicted molar refractivity (Wildman–Crippen MR) is 78.9 cm³/mol. The summed E-state index contributed by atoms with van der Waals surface area (Å²) in [6.45, 7) is 8.69. The standard InChI is InChI=1S/C16H32N2/c1-3-4-11-18-12-9-15(10-13-18)17-16-8-6-5-7-14(16)2/h14-17H,3-13H2,1-2H3. The van der Waals surface area contributed by atoms with Crippen molar-refractivity contribution in [3.8, 4) is 0 Å². The summed E-state index contributed by atoms with van der Waals surface area (Å²) in [4.78, 5) is 2.66. The van der Waals surface area contributed by atoms with E-state index in [0.29, 0.717) is 0 Å². The van der Waals surface area contributed by atoms with E-state index in [4.69, 9.17) is 0 Å². The Balaban J connectivity index is 1.66. The fourth-order valence-corrected chi connectivity index (χ4v) is 3.57. The van der Waals surface area contributed by atoms with E-state index in [1.807, 2.05) is 0 Å². The zero-order valence-corrected chi connectivity index (χ0v) is 12.5. The molecule has 0 amide bonds. The largest absolute Gasteiger partial charge is 0.311 e. The molecule has 2 fully saturated rings. The van der Waals surface area contributed by atoms with Gasteiger partial charge in [0.15, 0.2) is 0 Å². The maximum absolute atomic E-state index is 3.96. The maximum atomic E-state index is 3.96. The number of rotatable bonds is 5. The van der Waals surface area contributed by atoms with Gasteiger partial charge in [-0.15, -0.1) is 0 Å². The molecule has 0 spiro atoms. The van der Waals surface area contributed by atoms with Crippen molar-refractivity contribution in [2.75, 3.05) is 19.6 Å². The van der Waals surface area contributed by atoms with Crippen LogP contribution in [0.15, 0.2) is 0 Å². The first-order valence-corrected chi connectivity index (χ1v) is 8.28. The Morgan fingerprint density at radius 3 is 2.44 bits per heavy atom. The number of unbranched alkanes of at least 4 members (excludes halogenated alkanes) is 1. The monoisotopic (exact) mass is 252 g/mol. The number of piperidine rings is 1. The summed E-state index contributed by atoms with van der Waals surface area (Å²) in [6, 6.07) is 1.61. The van der Waals surface area contributed by atoms with E-state index in [-0.39, 0.29) is 0 Å². The zero-order chi connectivity index (χ0) is 12.8. The second-order valence-corrected chi connectivity index (χ2v) is 6.50. The highest BCUT2D eigenvalue weighted by molar-refractivity contribution is 4.84. The van der Waals surface area contributed by atoms with Gasteiger partial charge in [0.05, 0.1) is 0 Å². The minimum atomic E-state index is 0.799. The van der Waals surface area contributed by atoms with Crippen molar-refractivity contribution >= 4 is 0 Å². The van der Waals surface area contributed by atoms with Gasteiger partial charge in [0.1, 0.15) is 0 Å². The molecule has 0 radical (unpaired) electrons. The van der Waals surface area contributed by atoms with E-state index in [1.54, 1.807) is 0 Å². The lowest BCUT2D eigenvalue weighted by atomic mass is 9.85. The minimum absolute atomic E-state index is 0.799. The van der Waals surface area contributed by atoms with Gasteiger partial charge in [-0.1, -0.05) is 33.1 Å². The van der Waals surface area contributed by atoms with Crippen LogP contribution in [0.3, 0.4) is 0 Å². The summed E-state index contributed by atoms with van der Waals surface area (Å²) in [5.74, 6) is 0.900. The number of hydrogen-bond donors (Lipinski definition) is 1. The molecule has 1 N–H and O–H groups in total. The lowest BCUT2D eigenvalue weighted by Gasteiger charge is -2.37. The normalized spacial score (nSPS) is 31.7. The van der Waals surface area contributed by atoms with Crippen molar-refractivity contribution in [3.63, 3.8) is 0 Å². The molecule has 2 atom stereocenters. The molecule has 0 aromatic rings. The molecular formula is C16H32N2. The van der Waals surface area contributed by atoms with Crippen molar-refractivity contribution in [1.29, 1.82) is 0 Å². The predicted octanol–water partition coefficient (Wildman–Crippen LogP) is 3.42. The number of nitrogens with one attached hydrogen (secondary N) is 1. The third-order valence-corrected chi connectivity index (χ3v) is 4.98. The van der Waals surface area contributed by atoms with E-state index in [0.717, 1.165) is 18.0 Å². The van der Waals surface area contributed by atoms with Crippen LogP contribution in [-0.2, 0) is 0 Å². The Bertz CT molecular complexity index is 221. The first-order chi connectivity index (χ1) is 8.79. The van der Waals surface area contributed by atoms with Gasteiger partial charge >= 0.3 is 0 Å². The smallest absolute Gasteiger partial charge is 0.00953 e. The quantitative estimate of drug-likeness (QED) is 0.806. The van der Waals surface area contributed by atoms with E-state index < -0.39 is 0 Å². The molecule has 2 unspecified atom stereocenters. The molecule has 2 aliphatic rings. The lowest BCUT2D eigenvalue weighted by Crippen LogP contribution is -2.48. The van der Waals surface area contributed by atoms with Gasteiger partial charge in [-0.25, -0.2) is 0 Å². The Morgan fingerprint density at radius 2 is 1.78 bits per heavy atom. The van der Waals surface area contributed by atoms with Crippen LogP contribution in [0.5, 0.6) is 0 Å². The molecule has 18 heavy (non-hydrogen) atoms. The molecule has 1 aliphatic carbocycles. The van der Waals surface area contributed by atoms with Gasteiger partial charge in [0.25, 0.3) is 0 Å². The van der Waals surface area contributed by atoms with Crippen LogP contribution in [0.4, 0.5) is 0 Å². The topological polar surface area (TPSA) is 15.3 Å². The molecule has 1 heterocycles. The van der Waals surface area contributed by atoms with Gasteiger partial charge in [-0.2, -0.15) is 0 Å². The Labute approximate surface area is 114 Å². The van der Waals surface area contributed by atoms with Gasteiger partial charge < -0.3 is 10.2 Å². The lowest BCUT2D eigenvalue weighted by molar-refractivity contribution is 0.169. The Kier molecular flexibility index (Phi) is 5.97. The van der Waals surface area contributed by atoms with Crippen LogP contribution in [-0.4, -0.2) is 36.6 Å². The van der Waals surface area contributed by atoms with Crippen molar-refractivity contribution in [2.45, 2.75) is 77.3 Å². The van der Waals surface area contributed by atoms with Crippen molar-refractivity contribution in [2.24, 2.45) is 5.92 Å².